The van der Waals surface area contributed by atoms with Crippen LogP contribution in [0.15, 0.2) is 87.6 Å². The summed E-state index contributed by atoms with van der Waals surface area (Å²) in [5, 5.41) is 6.94. The zero-order valence-electron chi connectivity index (χ0n) is 18.5. The minimum atomic E-state index is -3.99. The summed E-state index contributed by atoms with van der Waals surface area (Å²) in [6.45, 7) is 0.988. The number of hydrogen-bond acceptors (Lipinski definition) is 6. The van der Waals surface area contributed by atoms with Crippen LogP contribution in [0.1, 0.15) is 18.3 Å². The molecular formula is C24H20FN5O4S. The molecule has 0 saturated carbocycles. The molecule has 11 heteroatoms. The minimum absolute atomic E-state index is 0.0136. The lowest BCUT2D eigenvalue weighted by atomic mass is 10.2. The van der Waals surface area contributed by atoms with E-state index in [1.807, 2.05) is 0 Å². The maximum absolute atomic E-state index is 14.0. The molecule has 1 amide bonds. The second-order valence-electron chi connectivity index (χ2n) is 7.46. The molecule has 0 aliphatic heterocycles. The van der Waals surface area contributed by atoms with Gasteiger partial charge in [-0.15, -0.1) is 0 Å². The van der Waals surface area contributed by atoms with Crippen molar-refractivity contribution in [3.05, 3.63) is 100 Å². The van der Waals surface area contributed by atoms with Gasteiger partial charge in [0.1, 0.15) is 11.6 Å². The molecule has 0 atom stereocenters. The molecule has 0 radical (unpaired) electrons. The molecule has 0 fully saturated rings. The van der Waals surface area contributed by atoms with Crippen molar-refractivity contribution in [1.82, 2.24) is 14.4 Å². The number of carbonyl (C=O) groups is 1. The second kappa shape index (κ2) is 9.95. The predicted octanol–water partition coefficient (Wildman–Crippen LogP) is 2.85. The maximum atomic E-state index is 14.0. The number of fused-ring (bicyclic) bond motifs is 1. The van der Waals surface area contributed by atoms with E-state index in [0.29, 0.717) is 11.2 Å². The smallest absolute Gasteiger partial charge is 0.282 e. The molecule has 178 valence electrons. The lowest BCUT2D eigenvalue weighted by molar-refractivity contribution is -0.114. The normalized spacial score (nSPS) is 11.7. The molecule has 0 bridgehead atoms. The number of aromatic nitrogens is 2. The molecule has 0 saturated heterocycles. The Morgan fingerprint density at radius 2 is 1.74 bits per heavy atom. The van der Waals surface area contributed by atoms with Crippen LogP contribution >= 0.6 is 0 Å². The second-order valence-corrected chi connectivity index (χ2v) is 9.23. The van der Waals surface area contributed by atoms with Gasteiger partial charge in [0, 0.05) is 18.2 Å². The van der Waals surface area contributed by atoms with Crippen LogP contribution in [0.25, 0.3) is 10.9 Å². The largest absolute Gasteiger partial charge is 0.326 e. The average molecular weight is 494 g/mol. The number of hydrogen-bond donors (Lipinski definition) is 2. The Morgan fingerprint density at radius 1 is 1.06 bits per heavy atom. The Morgan fingerprint density at radius 3 is 2.46 bits per heavy atom. The van der Waals surface area contributed by atoms with E-state index >= 15 is 0 Å². The highest BCUT2D eigenvalue weighted by Crippen LogP contribution is 2.15. The fraction of sp³-hybridized carbons (Fsp3) is 0.0833. The van der Waals surface area contributed by atoms with E-state index in [0.717, 1.165) is 4.68 Å². The van der Waals surface area contributed by atoms with Gasteiger partial charge in [-0.1, -0.05) is 30.3 Å². The molecule has 0 spiro atoms. The molecule has 0 unspecified atom stereocenters. The monoisotopic (exact) mass is 493 g/mol. The van der Waals surface area contributed by atoms with Gasteiger partial charge in [0.2, 0.25) is 15.9 Å². The fourth-order valence-electron chi connectivity index (χ4n) is 3.27. The summed E-state index contributed by atoms with van der Waals surface area (Å²) in [6, 6.07) is 18.1. The lowest BCUT2D eigenvalue weighted by Crippen LogP contribution is -2.29. The van der Waals surface area contributed by atoms with Crippen molar-refractivity contribution >= 4 is 38.7 Å². The first-order valence-electron chi connectivity index (χ1n) is 10.4. The van der Waals surface area contributed by atoms with Crippen molar-refractivity contribution in [2.75, 3.05) is 5.32 Å². The Hall–Kier alpha value is -4.22. The van der Waals surface area contributed by atoms with Gasteiger partial charge in [-0.2, -0.15) is 9.78 Å². The number of nitrogens with zero attached hydrogens (tertiary/aromatic N) is 3. The maximum Gasteiger partial charge on any atom is 0.282 e. The van der Waals surface area contributed by atoms with Crippen molar-refractivity contribution in [3.63, 3.8) is 0 Å². The quantitative estimate of drug-likeness (QED) is 0.384. The van der Waals surface area contributed by atoms with Crippen molar-refractivity contribution < 1.29 is 17.6 Å². The van der Waals surface area contributed by atoms with Crippen molar-refractivity contribution in [3.8, 4) is 0 Å². The van der Waals surface area contributed by atoms with Gasteiger partial charge in [-0.25, -0.2) is 22.5 Å². The van der Waals surface area contributed by atoms with Gasteiger partial charge in [-0.05, 0) is 42.5 Å². The van der Waals surface area contributed by atoms with E-state index in [1.165, 1.54) is 55.6 Å². The number of anilines is 1. The summed E-state index contributed by atoms with van der Waals surface area (Å²) in [5.41, 5.74) is 0.433. The Bertz CT molecular complexity index is 1600. The average Bonchev–Trinajstić information content (AvgIpc) is 2.83. The molecule has 35 heavy (non-hydrogen) atoms. The first kappa shape index (κ1) is 23.9. The minimum Gasteiger partial charge on any atom is -0.326 e. The zero-order chi connectivity index (χ0) is 25.0. The predicted molar refractivity (Wildman–Crippen MR) is 130 cm³/mol. The van der Waals surface area contributed by atoms with Crippen LogP contribution in [0.3, 0.4) is 0 Å². The summed E-state index contributed by atoms with van der Waals surface area (Å²) in [6.07, 6.45) is 1.17. The van der Waals surface area contributed by atoms with Crippen molar-refractivity contribution in [2.24, 2.45) is 5.10 Å². The number of amides is 1. The molecule has 4 aromatic rings. The lowest BCUT2D eigenvalue weighted by Gasteiger charge is -2.11. The Kier molecular flexibility index (Phi) is 6.80. The molecule has 0 aliphatic carbocycles. The number of rotatable bonds is 7. The number of sulfonamides is 1. The van der Waals surface area contributed by atoms with Crippen LogP contribution in [0.2, 0.25) is 0 Å². The van der Waals surface area contributed by atoms with Crippen LogP contribution in [0, 0.1) is 5.82 Å². The molecule has 3 aromatic carbocycles. The Labute approximate surface area is 200 Å². The highest BCUT2D eigenvalue weighted by Gasteiger charge is 2.17. The van der Waals surface area contributed by atoms with Gasteiger partial charge >= 0.3 is 0 Å². The number of benzene rings is 3. The molecule has 1 aromatic heterocycles. The third kappa shape index (κ3) is 5.48. The van der Waals surface area contributed by atoms with Crippen LogP contribution in [0.4, 0.5) is 10.1 Å². The zero-order valence-corrected chi connectivity index (χ0v) is 19.3. The summed E-state index contributed by atoms with van der Waals surface area (Å²) in [4.78, 5) is 28.6. The van der Waals surface area contributed by atoms with E-state index in [4.69, 9.17) is 0 Å². The molecule has 1 heterocycles. The highest BCUT2D eigenvalue weighted by molar-refractivity contribution is 7.89. The van der Waals surface area contributed by atoms with Crippen LogP contribution in [-0.2, 0) is 21.4 Å². The van der Waals surface area contributed by atoms with Gasteiger partial charge in [0.15, 0.2) is 0 Å². The third-order valence-electron chi connectivity index (χ3n) is 4.94. The van der Waals surface area contributed by atoms with Crippen LogP contribution < -0.4 is 15.6 Å². The first-order valence-corrected chi connectivity index (χ1v) is 11.9. The number of halogens is 1. The number of carbonyl (C=O) groups excluding carboxylic acids is 1. The number of nitrogens with one attached hydrogen (secondary N) is 2. The Balaban J connectivity index is 1.67. The van der Waals surface area contributed by atoms with Crippen LogP contribution in [-0.4, -0.2) is 30.2 Å². The van der Waals surface area contributed by atoms with E-state index in [-0.39, 0.29) is 34.1 Å². The first-order chi connectivity index (χ1) is 16.7. The molecule has 0 aliphatic rings. The standard InChI is InChI=1S/C24H20FN5O4S/c1-16(31)28-18-10-12-19(13-11-18)35(33,34)27-15-23-29-22-9-5-3-7-20(22)24(32)30(23)26-14-17-6-2-4-8-21(17)25/h2-14,27H,15H2,1H3,(H,28,31)/b26-14+. The third-order valence-corrected chi connectivity index (χ3v) is 6.36. The molecule has 2 N–H and O–H groups in total. The van der Waals surface area contributed by atoms with E-state index in [2.05, 4.69) is 20.1 Å². The van der Waals surface area contributed by atoms with Gasteiger partial charge in [0.05, 0.1) is 28.6 Å². The summed E-state index contributed by atoms with van der Waals surface area (Å²) >= 11 is 0. The van der Waals surface area contributed by atoms with Gasteiger partial charge < -0.3 is 5.32 Å². The van der Waals surface area contributed by atoms with Crippen molar-refractivity contribution in [1.29, 1.82) is 0 Å². The SMILES string of the molecule is CC(=O)Nc1ccc(S(=O)(=O)NCc2nc3ccccc3c(=O)n2/N=C/c2ccccc2F)cc1. The summed E-state index contributed by atoms with van der Waals surface area (Å²) in [7, 11) is -3.99. The molecular weight excluding hydrogens is 473 g/mol. The van der Waals surface area contributed by atoms with E-state index < -0.39 is 21.4 Å². The summed E-state index contributed by atoms with van der Waals surface area (Å²) < 4.78 is 43.0. The summed E-state index contributed by atoms with van der Waals surface area (Å²) in [5.74, 6) is -0.794. The van der Waals surface area contributed by atoms with Crippen LogP contribution in [0.5, 0.6) is 0 Å². The van der Waals surface area contributed by atoms with E-state index in [1.54, 1.807) is 30.3 Å². The number of para-hydroxylation sites is 1. The fourth-order valence-corrected chi connectivity index (χ4v) is 4.25. The topological polar surface area (TPSA) is 123 Å². The van der Waals surface area contributed by atoms with Gasteiger partial charge in [0.25, 0.3) is 5.56 Å². The van der Waals surface area contributed by atoms with Crippen molar-refractivity contribution in [2.45, 2.75) is 18.4 Å². The highest BCUT2D eigenvalue weighted by atomic mass is 32.2. The van der Waals surface area contributed by atoms with E-state index in [9.17, 15) is 22.4 Å². The molecule has 4 rings (SSSR count). The molecule has 9 nitrogen and oxygen atoms in total. The van der Waals surface area contributed by atoms with Gasteiger partial charge in [-0.3, -0.25) is 9.59 Å².